The minimum absolute atomic E-state index is 0.439. The van der Waals surface area contributed by atoms with Gasteiger partial charge in [-0.25, -0.2) is 0 Å². The standard InChI is InChI=1S/C17H25N3/c1-17(8-9-18-12-17)13-19-10-11-20(14-6-7-14)16-5-3-2-4-15(16)19/h2-5,14,18H,6-13H2,1H3. The number of hydrogen-bond donors (Lipinski definition) is 1. The van der Waals surface area contributed by atoms with E-state index in [0.717, 1.165) is 12.6 Å². The van der Waals surface area contributed by atoms with Crippen LogP contribution in [0.4, 0.5) is 11.4 Å². The molecular formula is C17H25N3. The molecule has 4 rings (SSSR count). The molecule has 3 nitrogen and oxygen atoms in total. The summed E-state index contributed by atoms with van der Waals surface area (Å²) in [6.45, 7) is 8.35. The first-order valence-corrected chi connectivity index (χ1v) is 8.07. The van der Waals surface area contributed by atoms with E-state index in [1.54, 1.807) is 0 Å². The summed E-state index contributed by atoms with van der Waals surface area (Å²) in [6, 6.07) is 9.83. The minimum Gasteiger partial charge on any atom is -0.367 e. The van der Waals surface area contributed by atoms with Gasteiger partial charge in [-0.3, -0.25) is 0 Å². The number of anilines is 2. The van der Waals surface area contributed by atoms with Crippen LogP contribution in [0.3, 0.4) is 0 Å². The molecule has 0 bridgehead atoms. The number of nitrogens with zero attached hydrogens (tertiary/aromatic N) is 2. The van der Waals surface area contributed by atoms with Crippen molar-refractivity contribution in [3.8, 4) is 0 Å². The number of nitrogens with one attached hydrogen (secondary N) is 1. The van der Waals surface area contributed by atoms with Crippen LogP contribution >= 0.6 is 0 Å². The van der Waals surface area contributed by atoms with Crippen molar-refractivity contribution in [1.82, 2.24) is 5.32 Å². The van der Waals surface area contributed by atoms with Crippen LogP contribution < -0.4 is 15.1 Å². The van der Waals surface area contributed by atoms with Gasteiger partial charge in [0.05, 0.1) is 11.4 Å². The van der Waals surface area contributed by atoms with Gasteiger partial charge in [-0.2, -0.15) is 0 Å². The van der Waals surface area contributed by atoms with E-state index in [9.17, 15) is 0 Å². The molecule has 1 unspecified atom stereocenters. The van der Waals surface area contributed by atoms with Crippen LogP contribution in [0.25, 0.3) is 0 Å². The van der Waals surface area contributed by atoms with Gasteiger partial charge in [-0.05, 0) is 43.4 Å². The van der Waals surface area contributed by atoms with Gasteiger partial charge >= 0.3 is 0 Å². The van der Waals surface area contributed by atoms with Gasteiger partial charge in [0.1, 0.15) is 0 Å². The predicted molar refractivity (Wildman–Crippen MR) is 84.6 cm³/mol. The molecule has 1 saturated carbocycles. The highest BCUT2D eigenvalue weighted by Crippen LogP contribution is 2.41. The lowest BCUT2D eigenvalue weighted by Crippen LogP contribution is -2.46. The van der Waals surface area contributed by atoms with E-state index in [1.165, 1.54) is 56.8 Å². The monoisotopic (exact) mass is 271 g/mol. The Bertz CT molecular complexity index is 489. The molecule has 3 heteroatoms. The fraction of sp³-hybridized carbons (Fsp3) is 0.647. The molecule has 1 saturated heterocycles. The van der Waals surface area contributed by atoms with Crippen LogP contribution in [-0.4, -0.2) is 38.8 Å². The van der Waals surface area contributed by atoms with E-state index in [1.807, 2.05) is 0 Å². The van der Waals surface area contributed by atoms with Gasteiger partial charge in [0, 0.05) is 32.2 Å². The molecule has 1 aromatic carbocycles. The average Bonchev–Trinajstić information content (AvgIpc) is 3.22. The highest BCUT2D eigenvalue weighted by molar-refractivity contribution is 5.74. The van der Waals surface area contributed by atoms with Crippen LogP contribution in [0.5, 0.6) is 0 Å². The molecule has 1 aromatic rings. The lowest BCUT2D eigenvalue weighted by Gasteiger charge is -2.42. The van der Waals surface area contributed by atoms with Crippen molar-refractivity contribution < 1.29 is 0 Å². The molecule has 2 fully saturated rings. The number of fused-ring (bicyclic) bond motifs is 1. The summed E-state index contributed by atoms with van der Waals surface area (Å²) in [7, 11) is 0. The summed E-state index contributed by atoms with van der Waals surface area (Å²) >= 11 is 0. The molecule has 1 N–H and O–H groups in total. The van der Waals surface area contributed by atoms with Gasteiger partial charge < -0.3 is 15.1 Å². The zero-order valence-electron chi connectivity index (χ0n) is 12.4. The largest absolute Gasteiger partial charge is 0.367 e. The number of rotatable bonds is 3. The topological polar surface area (TPSA) is 18.5 Å². The van der Waals surface area contributed by atoms with Crippen LogP contribution in [0, 0.1) is 5.41 Å². The second-order valence-electron chi connectivity index (χ2n) is 7.07. The van der Waals surface area contributed by atoms with Crippen LogP contribution in [0.15, 0.2) is 24.3 Å². The Kier molecular flexibility index (Phi) is 2.92. The van der Waals surface area contributed by atoms with E-state index in [4.69, 9.17) is 0 Å². The van der Waals surface area contributed by atoms with Gasteiger partial charge in [0.25, 0.3) is 0 Å². The van der Waals surface area contributed by atoms with Crippen molar-refractivity contribution in [3.63, 3.8) is 0 Å². The highest BCUT2D eigenvalue weighted by Gasteiger charge is 2.36. The Balaban J connectivity index is 1.60. The number of para-hydroxylation sites is 2. The van der Waals surface area contributed by atoms with Crippen molar-refractivity contribution in [1.29, 1.82) is 0 Å². The Labute approximate surface area is 121 Å². The second kappa shape index (κ2) is 4.66. The highest BCUT2D eigenvalue weighted by atomic mass is 15.3. The van der Waals surface area contributed by atoms with E-state index in [-0.39, 0.29) is 0 Å². The van der Waals surface area contributed by atoms with Gasteiger partial charge in [-0.15, -0.1) is 0 Å². The molecule has 0 radical (unpaired) electrons. The van der Waals surface area contributed by atoms with Gasteiger partial charge in [0.2, 0.25) is 0 Å². The van der Waals surface area contributed by atoms with Crippen molar-refractivity contribution in [2.45, 2.75) is 32.2 Å². The minimum atomic E-state index is 0.439. The Hall–Kier alpha value is -1.22. The van der Waals surface area contributed by atoms with Crippen molar-refractivity contribution in [3.05, 3.63) is 24.3 Å². The molecular weight excluding hydrogens is 246 g/mol. The maximum atomic E-state index is 3.53. The third-order valence-electron chi connectivity index (χ3n) is 5.16. The molecule has 0 spiro atoms. The predicted octanol–water partition coefficient (Wildman–Crippen LogP) is 2.47. The molecule has 0 amide bonds. The Morgan fingerprint density at radius 3 is 2.70 bits per heavy atom. The van der Waals surface area contributed by atoms with Crippen LogP contribution in [0.2, 0.25) is 0 Å². The summed E-state index contributed by atoms with van der Waals surface area (Å²) in [4.78, 5) is 5.27. The van der Waals surface area contributed by atoms with Gasteiger partial charge in [0.15, 0.2) is 0 Å². The maximum absolute atomic E-state index is 3.53. The first-order valence-electron chi connectivity index (χ1n) is 8.07. The summed E-state index contributed by atoms with van der Waals surface area (Å²) in [6.07, 6.45) is 4.07. The van der Waals surface area contributed by atoms with Crippen LogP contribution in [-0.2, 0) is 0 Å². The quantitative estimate of drug-likeness (QED) is 0.911. The lowest BCUT2D eigenvalue weighted by atomic mass is 9.88. The molecule has 3 aliphatic rings. The molecule has 1 atom stereocenters. The number of hydrogen-bond acceptors (Lipinski definition) is 3. The first-order chi connectivity index (χ1) is 9.75. The molecule has 1 aliphatic carbocycles. The van der Waals surface area contributed by atoms with Crippen molar-refractivity contribution in [2.24, 2.45) is 5.41 Å². The summed E-state index contributed by atoms with van der Waals surface area (Å²) < 4.78 is 0. The average molecular weight is 271 g/mol. The molecule has 2 heterocycles. The fourth-order valence-corrected chi connectivity index (χ4v) is 3.84. The summed E-state index contributed by atoms with van der Waals surface area (Å²) in [5.74, 6) is 0. The van der Waals surface area contributed by atoms with E-state index >= 15 is 0 Å². The third-order valence-corrected chi connectivity index (χ3v) is 5.16. The Morgan fingerprint density at radius 2 is 2.00 bits per heavy atom. The SMILES string of the molecule is CC1(CN2CCN(C3CC3)c3ccccc32)CCNC1. The van der Waals surface area contributed by atoms with Crippen LogP contribution in [0.1, 0.15) is 26.2 Å². The molecule has 0 aromatic heterocycles. The summed E-state index contributed by atoms with van der Waals surface area (Å²) in [5.41, 5.74) is 3.36. The molecule has 20 heavy (non-hydrogen) atoms. The third kappa shape index (κ3) is 2.18. The van der Waals surface area contributed by atoms with E-state index in [2.05, 4.69) is 46.3 Å². The van der Waals surface area contributed by atoms with Gasteiger partial charge in [-0.1, -0.05) is 19.1 Å². The zero-order valence-corrected chi connectivity index (χ0v) is 12.4. The first kappa shape index (κ1) is 12.5. The maximum Gasteiger partial charge on any atom is 0.0607 e. The molecule has 108 valence electrons. The Morgan fingerprint density at radius 1 is 1.20 bits per heavy atom. The van der Waals surface area contributed by atoms with Crippen molar-refractivity contribution in [2.75, 3.05) is 42.5 Å². The van der Waals surface area contributed by atoms with Crippen molar-refractivity contribution >= 4 is 11.4 Å². The zero-order chi connectivity index (χ0) is 13.6. The molecule has 2 aliphatic heterocycles. The lowest BCUT2D eigenvalue weighted by molar-refractivity contribution is 0.363. The normalized spacial score (nSPS) is 29.6. The van der Waals surface area contributed by atoms with E-state index < -0.39 is 0 Å². The smallest absolute Gasteiger partial charge is 0.0607 e. The fourth-order valence-electron chi connectivity index (χ4n) is 3.84. The second-order valence-corrected chi connectivity index (χ2v) is 7.07. The summed E-state index contributed by atoms with van der Waals surface area (Å²) in [5, 5.41) is 3.53. The van der Waals surface area contributed by atoms with E-state index in [0.29, 0.717) is 5.41 Å². The number of benzene rings is 1.